The first-order valence-corrected chi connectivity index (χ1v) is 10.1. The van der Waals surface area contributed by atoms with E-state index in [-0.39, 0.29) is 10.8 Å². The summed E-state index contributed by atoms with van der Waals surface area (Å²) in [5.41, 5.74) is 3.25. The van der Waals surface area contributed by atoms with Gasteiger partial charge in [-0.3, -0.25) is 0 Å². The molecule has 0 amide bonds. The highest BCUT2D eigenvalue weighted by Gasteiger charge is 2.26. The fraction of sp³-hybridized carbons (Fsp3) is 0.739. The van der Waals surface area contributed by atoms with E-state index in [2.05, 4.69) is 72.8 Å². The third-order valence-corrected chi connectivity index (χ3v) is 5.09. The van der Waals surface area contributed by atoms with Crippen LogP contribution in [0.1, 0.15) is 97.8 Å². The van der Waals surface area contributed by atoms with E-state index in [1.165, 1.54) is 31.2 Å². The minimum atomic E-state index is -0.0623. The molecule has 1 rings (SSSR count). The number of nitrogens with one attached hydrogen (secondary N) is 1. The first-order chi connectivity index (χ1) is 11.5. The zero-order valence-electron chi connectivity index (χ0n) is 17.9. The van der Waals surface area contributed by atoms with Crippen molar-refractivity contribution in [3.63, 3.8) is 0 Å². The smallest absolute Gasteiger partial charge is 0.123 e. The Morgan fingerprint density at radius 3 is 1.88 bits per heavy atom. The molecule has 0 aliphatic heterocycles. The molecule has 0 aromatic heterocycles. The van der Waals surface area contributed by atoms with Crippen molar-refractivity contribution in [2.45, 2.75) is 98.4 Å². The van der Waals surface area contributed by atoms with Crippen LogP contribution in [0, 0.1) is 5.92 Å². The van der Waals surface area contributed by atoms with Crippen LogP contribution < -0.4 is 5.32 Å². The van der Waals surface area contributed by atoms with Gasteiger partial charge in [-0.2, -0.15) is 0 Å². The molecule has 144 valence electrons. The second-order valence-electron chi connectivity index (χ2n) is 9.59. The Labute approximate surface area is 156 Å². The number of aromatic hydroxyl groups is 1. The van der Waals surface area contributed by atoms with Gasteiger partial charge in [-0.25, -0.2) is 0 Å². The van der Waals surface area contributed by atoms with Gasteiger partial charge >= 0.3 is 0 Å². The maximum Gasteiger partial charge on any atom is 0.123 e. The van der Waals surface area contributed by atoms with Gasteiger partial charge in [0, 0.05) is 6.54 Å². The first kappa shape index (κ1) is 22.0. The van der Waals surface area contributed by atoms with Gasteiger partial charge in [-0.1, -0.05) is 86.8 Å². The summed E-state index contributed by atoms with van der Waals surface area (Å²) in [6.07, 6.45) is 5.15. The van der Waals surface area contributed by atoms with E-state index in [9.17, 15) is 5.11 Å². The van der Waals surface area contributed by atoms with Crippen LogP contribution in [0.2, 0.25) is 0 Å². The molecule has 0 radical (unpaired) electrons. The molecule has 1 aromatic carbocycles. The van der Waals surface area contributed by atoms with Gasteiger partial charge in [0.2, 0.25) is 0 Å². The van der Waals surface area contributed by atoms with E-state index in [0.29, 0.717) is 5.75 Å². The summed E-state index contributed by atoms with van der Waals surface area (Å²) in [6, 6.07) is 4.37. The standard InChI is InChI=1S/C23H41NO/c1-9-11-12-17(10-2)15-24-16-18-13-19(22(3,4)5)21(25)20(14-18)23(6,7)8/h13-14,17,24-25H,9-12,15-16H2,1-8H3. The third kappa shape index (κ3) is 6.66. The second-order valence-corrected chi connectivity index (χ2v) is 9.59. The van der Waals surface area contributed by atoms with Crippen molar-refractivity contribution in [3.8, 4) is 5.75 Å². The van der Waals surface area contributed by atoms with E-state index in [1.807, 2.05) is 0 Å². The van der Waals surface area contributed by atoms with Crippen LogP contribution in [0.25, 0.3) is 0 Å². The van der Waals surface area contributed by atoms with Gasteiger partial charge in [0.15, 0.2) is 0 Å². The van der Waals surface area contributed by atoms with Crippen molar-refractivity contribution in [2.75, 3.05) is 6.54 Å². The minimum Gasteiger partial charge on any atom is -0.507 e. The summed E-state index contributed by atoms with van der Waals surface area (Å²) in [7, 11) is 0. The third-order valence-electron chi connectivity index (χ3n) is 5.09. The molecule has 2 nitrogen and oxygen atoms in total. The lowest BCUT2D eigenvalue weighted by Gasteiger charge is -2.28. The number of rotatable bonds is 8. The van der Waals surface area contributed by atoms with Crippen LogP contribution in [0.15, 0.2) is 12.1 Å². The Hall–Kier alpha value is -1.02. The number of unbranched alkanes of at least 4 members (excludes halogenated alkanes) is 1. The summed E-state index contributed by atoms with van der Waals surface area (Å²) in [5.74, 6) is 1.24. The summed E-state index contributed by atoms with van der Waals surface area (Å²) >= 11 is 0. The number of hydrogen-bond acceptors (Lipinski definition) is 2. The Bertz CT molecular complexity index is 499. The summed E-state index contributed by atoms with van der Waals surface area (Å²) in [4.78, 5) is 0. The Morgan fingerprint density at radius 1 is 0.960 bits per heavy atom. The van der Waals surface area contributed by atoms with Gasteiger partial charge in [0.1, 0.15) is 5.75 Å². The predicted octanol–water partition coefficient (Wildman–Crippen LogP) is 6.29. The van der Waals surface area contributed by atoms with Crippen LogP contribution in [-0.4, -0.2) is 11.7 Å². The average molecular weight is 348 g/mol. The highest BCUT2D eigenvalue weighted by molar-refractivity contribution is 5.49. The predicted molar refractivity (Wildman–Crippen MR) is 111 cm³/mol. The number of benzene rings is 1. The molecule has 2 heteroatoms. The van der Waals surface area contributed by atoms with Crippen molar-refractivity contribution in [3.05, 3.63) is 28.8 Å². The molecule has 0 saturated carbocycles. The molecule has 0 aliphatic carbocycles. The molecule has 0 saturated heterocycles. The van der Waals surface area contributed by atoms with Gasteiger partial charge in [0.25, 0.3) is 0 Å². The Kier molecular flexibility index (Phi) is 7.99. The van der Waals surface area contributed by atoms with Crippen LogP contribution in [0.5, 0.6) is 5.75 Å². The molecular weight excluding hydrogens is 306 g/mol. The zero-order valence-corrected chi connectivity index (χ0v) is 17.9. The van der Waals surface area contributed by atoms with Crippen molar-refractivity contribution in [1.82, 2.24) is 5.32 Å². The van der Waals surface area contributed by atoms with Crippen LogP contribution >= 0.6 is 0 Å². The maximum absolute atomic E-state index is 10.8. The van der Waals surface area contributed by atoms with Gasteiger partial charge in [0.05, 0.1) is 0 Å². The summed E-state index contributed by atoms with van der Waals surface area (Å²) in [6.45, 7) is 19.5. The fourth-order valence-electron chi connectivity index (χ4n) is 3.30. The average Bonchev–Trinajstić information content (AvgIpc) is 2.49. The van der Waals surface area contributed by atoms with Gasteiger partial charge < -0.3 is 10.4 Å². The number of phenols is 1. The molecule has 0 aliphatic rings. The monoisotopic (exact) mass is 347 g/mol. The maximum atomic E-state index is 10.8. The van der Waals surface area contributed by atoms with Crippen LogP contribution in [0.3, 0.4) is 0 Å². The molecule has 1 aromatic rings. The van der Waals surface area contributed by atoms with E-state index in [0.717, 1.165) is 30.1 Å². The van der Waals surface area contributed by atoms with E-state index in [4.69, 9.17) is 0 Å². The van der Waals surface area contributed by atoms with Crippen molar-refractivity contribution in [2.24, 2.45) is 5.92 Å². The Morgan fingerprint density at radius 2 is 1.48 bits per heavy atom. The quantitative estimate of drug-likeness (QED) is 0.579. The molecule has 1 atom stereocenters. The highest BCUT2D eigenvalue weighted by atomic mass is 16.3. The summed E-state index contributed by atoms with van der Waals surface area (Å²) in [5, 5.41) is 14.5. The topological polar surface area (TPSA) is 32.3 Å². The molecule has 1 unspecified atom stereocenters. The molecular formula is C23H41NO. The van der Waals surface area contributed by atoms with Crippen molar-refractivity contribution < 1.29 is 5.11 Å². The van der Waals surface area contributed by atoms with E-state index < -0.39 is 0 Å². The molecule has 2 N–H and O–H groups in total. The molecule has 0 heterocycles. The molecule has 0 bridgehead atoms. The normalized spacial score (nSPS) is 13.9. The lowest BCUT2D eigenvalue weighted by molar-refractivity contribution is 0.415. The lowest BCUT2D eigenvalue weighted by Crippen LogP contribution is -2.23. The van der Waals surface area contributed by atoms with Crippen LogP contribution in [0.4, 0.5) is 0 Å². The first-order valence-electron chi connectivity index (χ1n) is 10.1. The molecule has 0 spiro atoms. The van der Waals surface area contributed by atoms with Crippen LogP contribution in [-0.2, 0) is 17.4 Å². The molecule has 25 heavy (non-hydrogen) atoms. The lowest BCUT2D eigenvalue weighted by atomic mass is 9.78. The Balaban J connectivity index is 2.96. The molecule has 0 fully saturated rings. The summed E-state index contributed by atoms with van der Waals surface area (Å²) < 4.78 is 0. The van der Waals surface area contributed by atoms with E-state index in [1.54, 1.807) is 0 Å². The fourth-order valence-corrected chi connectivity index (χ4v) is 3.30. The SMILES string of the molecule is CCCCC(CC)CNCc1cc(C(C)(C)C)c(O)c(C(C)(C)C)c1. The highest BCUT2D eigenvalue weighted by Crippen LogP contribution is 2.39. The van der Waals surface area contributed by atoms with Crippen molar-refractivity contribution >= 4 is 0 Å². The number of phenolic OH excluding ortho intramolecular Hbond substituents is 1. The van der Waals surface area contributed by atoms with Gasteiger partial charge in [-0.05, 0) is 46.4 Å². The minimum absolute atomic E-state index is 0.0623. The van der Waals surface area contributed by atoms with E-state index >= 15 is 0 Å². The zero-order chi connectivity index (χ0) is 19.3. The largest absolute Gasteiger partial charge is 0.507 e. The number of hydrogen-bond donors (Lipinski definition) is 2. The van der Waals surface area contributed by atoms with Crippen molar-refractivity contribution in [1.29, 1.82) is 0 Å². The second kappa shape index (κ2) is 9.07. The van der Waals surface area contributed by atoms with Gasteiger partial charge in [-0.15, -0.1) is 0 Å².